The Bertz CT molecular complexity index is 262. The highest BCUT2D eigenvalue weighted by Gasteiger charge is 2.32. The maximum Gasteiger partial charge on any atom is 0.299 e. The van der Waals surface area contributed by atoms with Crippen LogP contribution in [0.3, 0.4) is 0 Å². The molecule has 0 unspecified atom stereocenters. The molecule has 6 heteroatoms. The first kappa shape index (κ1) is 10.2. The van der Waals surface area contributed by atoms with Crippen molar-refractivity contribution in [3.8, 4) is 0 Å². The Morgan fingerprint density at radius 2 is 2.08 bits per heavy atom. The van der Waals surface area contributed by atoms with E-state index in [1.165, 1.54) is 4.31 Å². The van der Waals surface area contributed by atoms with Gasteiger partial charge >= 0.3 is 0 Å². The van der Waals surface area contributed by atoms with Crippen LogP contribution in [0.5, 0.6) is 0 Å². The van der Waals surface area contributed by atoms with E-state index in [-0.39, 0.29) is 0 Å². The number of nitrogens with zero attached hydrogens (tertiary/aromatic N) is 1. The van der Waals surface area contributed by atoms with Crippen LogP contribution in [-0.4, -0.2) is 38.0 Å². The van der Waals surface area contributed by atoms with Gasteiger partial charge in [-0.3, -0.25) is 0 Å². The summed E-state index contributed by atoms with van der Waals surface area (Å²) < 4.78 is 28.4. The van der Waals surface area contributed by atoms with Crippen molar-refractivity contribution >= 4 is 19.9 Å². The van der Waals surface area contributed by atoms with E-state index < -0.39 is 14.8 Å². The quantitative estimate of drug-likeness (QED) is 0.599. The van der Waals surface area contributed by atoms with E-state index in [1.807, 2.05) is 13.8 Å². The van der Waals surface area contributed by atoms with Gasteiger partial charge in [0, 0.05) is 23.8 Å². The van der Waals surface area contributed by atoms with Crippen LogP contribution in [0.2, 0.25) is 0 Å². The summed E-state index contributed by atoms with van der Waals surface area (Å²) >= 11 is 0. The van der Waals surface area contributed by atoms with Gasteiger partial charge in [0.15, 0.2) is 0 Å². The van der Waals surface area contributed by atoms with E-state index in [0.29, 0.717) is 19.7 Å². The fourth-order valence-corrected chi connectivity index (χ4v) is 2.27. The first-order valence-electron chi connectivity index (χ1n) is 3.65. The summed E-state index contributed by atoms with van der Waals surface area (Å²) in [6.07, 6.45) is 0. The van der Waals surface area contributed by atoms with E-state index in [9.17, 15) is 8.42 Å². The number of rotatable bonds is 1. The lowest BCUT2D eigenvalue weighted by Gasteiger charge is -2.35. The van der Waals surface area contributed by atoms with Gasteiger partial charge in [-0.15, -0.1) is 0 Å². The molecule has 0 aromatic heterocycles. The summed E-state index contributed by atoms with van der Waals surface area (Å²) in [7, 11) is 1.61. The zero-order valence-electron chi connectivity index (χ0n) is 7.08. The molecule has 0 spiro atoms. The molecule has 0 radical (unpaired) electrons. The van der Waals surface area contributed by atoms with Gasteiger partial charge in [0.2, 0.25) is 0 Å². The molecule has 0 N–H and O–H groups in total. The highest BCUT2D eigenvalue weighted by Crippen LogP contribution is 2.20. The Balaban J connectivity index is 2.71. The molecule has 1 fully saturated rings. The molecule has 0 aliphatic carbocycles. The monoisotopic (exact) mass is 213 g/mol. The van der Waals surface area contributed by atoms with Gasteiger partial charge in [0.05, 0.1) is 12.2 Å². The largest absolute Gasteiger partial charge is 0.373 e. The minimum atomic E-state index is -3.57. The van der Waals surface area contributed by atoms with Gasteiger partial charge < -0.3 is 4.74 Å². The van der Waals surface area contributed by atoms with E-state index >= 15 is 0 Å². The lowest BCUT2D eigenvalue weighted by Crippen LogP contribution is -2.49. The Hall–Kier alpha value is 0.160. The second-order valence-corrected chi connectivity index (χ2v) is 5.89. The summed E-state index contributed by atoms with van der Waals surface area (Å²) in [5.74, 6) is 0. The van der Waals surface area contributed by atoms with Crippen LogP contribution < -0.4 is 0 Å². The molecule has 12 heavy (non-hydrogen) atoms. The van der Waals surface area contributed by atoms with Crippen molar-refractivity contribution in [2.45, 2.75) is 19.4 Å². The van der Waals surface area contributed by atoms with Crippen molar-refractivity contribution in [1.29, 1.82) is 0 Å². The maximum atomic E-state index is 10.9. The summed E-state index contributed by atoms with van der Waals surface area (Å²) in [4.78, 5) is 0. The van der Waals surface area contributed by atoms with Crippen LogP contribution in [0.1, 0.15) is 13.8 Å². The number of hydrogen-bond donors (Lipinski definition) is 0. The summed E-state index contributed by atoms with van der Waals surface area (Å²) in [5.41, 5.74) is -0.430. The first-order chi connectivity index (χ1) is 5.31. The zero-order valence-corrected chi connectivity index (χ0v) is 8.65. The Morgan fingerprint density at radius 3 is 2.42 bits per heavy atom. The van der Waals surface area contributed by atoms with Crippen LogP contribution in [-0.2, 0) is 14.0 Å². The van der Waals surface area contributed by atoms with Crippen molar-refractivity contribution in [2.75, 3.05) is 19.7 Å². The fraction of sp³-hybridized carbons (Fsp3) is 1.00. The molecule has 1 saturated heterocycles. The Kier molecular flexibility index (Phi) is 2.68. The molecular weight excluding hydrogens is 202 g/mol. The molecule has 0 saturated carbocycles. The number of morpholine rings is 1. The van der Waals surface area contributed by atoms with Crippen molar-refractivity contribution in [2.24, 2.45) is 0 Å². The standard InChI is InChI=1S/C6H12ClNO3S/c1-6(2)5-8(3-4-11-6)12(7,9)10/h3-5H2,1-2H3. The smallest absolute Gasteiger partial charge is 0.299 e. The summed E-state index contributed by atoms with van der Waals surface area (Å²) in [5, 5.41) is 0. The lowest BCUT2D eigenvalue weighted by atomic mass is 10.1. The van der Waals surface area contributed by atoms with E-state index in [2.05, 4.69) is 0 Å². The predicted molar refractivity (Wildman–Crippen MR) is 46.4 cm³/mol. The van der Waals surface area contributed by atoms with Crippen molar-refractivity contribution in [1.82, 2.24) is 4.31 Å². The molecule has 72 valence electrons. The minimum Gasteiger partial charge on any atom is -0.373 e. The molecule has 0 aromatic rings. The van der Waals surface area contributed by atoms with Gasteiger partial charge in [-0.1, -0.05) is 0 Å². The van der Waals surface area contributed by atoms with Gasteiger partial charge in [-0.05, 0) is 13.8 Å². The van der Waals surface area contributed by atoms with E-state index in [4.69, 9.17) is 15.4 Å². The molecule has 0 atom stereocenters. The second-order valence-electron chi connectivity index (χ2n) is 3.38. The predicted octanol–water partition coefficient (Wildman–Crippen LogP) is 0.581. The molecule has 0 amide bonds. The van der Waals surface area contributed by atoms with Gasteiger partial charge in [-0.25, -0.2) is 0 Å². The number of ether oxygens (including phenoxy) is 1. The zero-order chi connectivity index (χ0) is 9.41. The maximum absolute atomic E-state index is 10.9. The highest BCUT2D eigenvalue weighted by atomic mass is 35.7. The average molecular weight is 214 g/mol. The third-order valence-electron chi connectivity index (χ3n) is 1.70. The van der Waals surface area contributed by atoms with Crippen molar-refractivity contribution in [3.05, 3.63) is 0 Å². The van der Waals surface area contributed by atoms with Gasteiger partial charge in [0.1, 0.15) is 0 Å². The molecule has 4 nitrogen and oxygen atoms in total. The van der Waals surface area contributed by atoms with Crippen LogP contribution in [0.15, 0.2) is 0 Å². The van der Waals surface area contributed by atoms with Crippen molar-refractivity contribution < 1.29 is 13.2 Å². The van der Waals surface area contributed by atoms with E-state index in [0.717, 1.165) is 0 Å². The fourth-order valence-electron chi connectivity index (χ4n) is 1.16. The van der Waals surface area contributed by atoms with Gasteiger partial charge in [-0.2, -0.15) is 12.7 Å². The molecule has 0 aromatic carbocycles. The molecular formula is C6H12ClNO3S. The third kappa shape index (κ3) is 2.58. The average Bonchev–Trinajstić information content (AvgIpc) is 1.83. The number of hydrogen-bond acceptors (Lipinski definition) is 3. The van der Waals surface area contributed by atoms with Gasteiger partial charge in [0.25, 0.3) is 9.24 Å². The third-order valence-corrected chi connectivity index (χ3v) is 3.21. The molecule has 1 aliphatic heterocycles. The molecule has 1 heterocycles. The topological polar surface area (TPSA) is 46.6 Å². The van der Waals surface area contributed by atoms with Crippen LogP contribution >= 0.6 is 10.7 Å². The second kappa shape index (κ2) is 3.14. The Morgan fingerprint density at radius 1 is 1.50 bits per heavy atom. The number of halogens is 1. The summed E-state index contributed by atoms with van der Waals surface area (Å²) in [6.45, 7) is 4.73. The minimum absolute atomic E-state index is 0.318. The van der Waals surface area contributed by atoms with Crippen molar-refractivity contribution in [3.63, 3.8) is 0 Å². The molecule has 1 rings (SSSR count). The van der Waals surface area contributed by atoms with Crippen LogP contribution in [0.25, 0.3) is 0 Å². The van der Waals surface area contributed by atoms with Crippen LogP contribution in [0, 0.1) is 0 Å². The highest BCUT2D eigenvalue weighted by molar-refractivity contribution is 8.11. The molecule has 0 bridgehead atoms. The normalized spacial score (nSPS) is 25.6. The Labute approximate surface area is 77.0 Å². The lowest BCUT2D eigenvalue weighted by molar-refractivity contribution is -0.0635. The first-order valence-corrected chi connectivity index (χ1v) is 5.92. The van der Waals surface area contributed by atoms with Crippen LogP contribution in [0.4, 0.5) is 0 Å². The molecule has 1 aliphatic rings. The van der Waals surface area contributed by atoms with E-state index in [1.54, 1.807) is 0 Å². The summed E-state index contributed by atoms with van der Waals surface area (Å²) in [6, 6.07) is 0. The SMILES string of the molecule is CC1(C)CN(S(=O)(=O)Cl)CCO1.